The van der Waals surface area contributed by atoms with Crippen molar-refractivity contribution in [3.63, 3.8) is 0 Å². The summed E-state index contributed by atoms with van der Waals surface area (Å²) in [5.74, 6) is 1.82. The molecule has 1 saturated heterocycles. The Kier molecular flexibility index (Phi) is 5.86. The molecule has 3 nitrogen and oxygen atoms in total. The van der Waals surface area contributed by atoms with E-state index in [4.69, 9.17) is 4.74 Å². The number of likely N-dealkylation sites (tertiary alicyclic amines) is 1. The summed E-state index contributed by atoms with van der Waals surface area (Å²) in [5, 5.41) is 3.44. The van der Waals surface area contributed by atoms with Crippen LogP contribution in [0.15, 0.2) is 24.3 Å². The van der Waals surface area contributed by atoms with E-state index in [0.29, 0.717) is 6.04 Å². The molecule has 2 unspecified atom stereocenters. The van der Waals surface area contributed by atoms with Crippen LogP contribution in [-0.2, 0) is 0 Å². The first kappa shape index (κ1) is 15.3. The van der Waals surface area contributed by atoms with Crippen molar-refractivity contribution < 1.29 is 4.74 Å². The summed E-state index contributed by atoms with van der Waals surface area (Å²) < 4.78 is 5.64. The second-order valence-corrected chi connectivity index (χ2v) is 5.91. The Morgan fingerprint density at radius 2 is 2.10 bits per heavy atom. The molecule has 1 aromatic carbocycles. The average molecular weight is 276 g/mol. The molecule has 0 aromatic heterocycles. The fourth-order valence-electron chi connectivity index (χ4n) is 2.83. The Bertz CT molecular complexity index is 390. The third-order valence-corrected chi connectivity index (χ3v) is 4.05. The summed E-state index contributed by atoms with van der Waals surface area (Å²) in [4.78, 5) is 2.56. The molecule has 0 saturated carbocycles. The number of ether oxygens (including phenoxy) is 1. The van der Waals surface area contributed by atoms with Crippen LogP contribution in [0.4, 0.5) is 0 Å². The van der Waals surface area contributed by atoms with Crippen molar-refractivity contribution in [2.45, 2.75) is 32.7 Å². The van der Waals surface area contributed by atoms with Crippen LogP contribution in [-0.4, -0.2) is 38.2 Å². The summed E-state index contributed by atoms with van der Waals surface area (Å²) in [6.45, 7) is 8.82. The number of benzene rings is 1. The van der Waals surface area contributed by atoms with Crippen LogP contribution in [0.1, 0.15) is 38.3 Å². The molecule has 1 fully saturated rings. The maximum Gasteiger partial charge on any atom is 0.119 e. The molecule has 1 N–H and O–H groups in total. The molecule has 112 valence electrons. The summed E-state index contributed by atoms with van der Waals surface area (Å²) in [6, 6.07) is 8.95. The molecule has 20 heavy (non-hydrogen) atoms. The summed E-state index contributed by atoms with van der Waals surface area (Å²) in [6.07, 6.45) is 2.38. The topological polar surface area (TPSA) is 24.5 Å². The second kappa shape index (κ2) is 7.65. The Balaban J connectivity index is 1.93. The maximum atomic E-state index is 5.64. The van der Waals surface area contributed by atoms with Gasteiger partial charge in [-0.1, -0.05) is 26.0 Å². The van der Waals surface area contributed by atoms with Crippen molar-refractivity contribution in [3.8, 4) is 5.75 Å². The Morgan fingerprint density at radius 3 is 2.65 bits per heavy atom. The van der Waals surface area contributed by atoms with E-state index in [-0.39, 0.29) is 0 Å². The lowest BCUT2D eigenvalue weighted by molar-refractivity contribution is 0.290. The minimum atomic E-state index is 0.403. The van der Waals surface area contributed by atoms with Crippen LogP contribution < -0.4 is 10.1 Å². The SMILES string of the molecule is CCCOc1ccc(C(CN2CCC(C)C2)NC)cc1. The molecule has 0 spiro atoms. The number of nitrogens with zero attached hydrogens (tertiary/aromatic N) is 1. The first-order valence-corrected chi connectivity index (χ1v) is 7.85. The fraction of sp³-hybridized carbons (Fsp3) is 0.647. The minimum absolute atomic E-state index is 0.403. The molecule has 3 heteroatoms. The van der Waals surface area contributed by atoms with Gasteiger partial charge >= 0.3 is 0 Å². The predicted molar refractivity (Wildman–Crippen MR) is 84.2 cm³/mol. The molecule has 0 amide bonds. The molecule has 2 atom stereocenters. The van der Waals surface area contributed by atoms with Crippen LogP contribution in [0.5, 0.6) is 5.75 Å². The van der Waals surface area contributed by atoms with Crippen LogP contribution in [0.2, 0.25) is 0 Å². The van der Waals surface area contributed by atoms with Crippen molar-refractivity contribution in [2.75, 3.05) is 33.3 Å². The lowest BCUT2D eigenvalue weighted by atomic mass is 10.1. The van der Waals surface area contributed by atoms with Crippen molar-refractivity contribution in [3.05, 3.63) is 29.8 Å². The van der Waals surface area contributed by atoms with Crippen LogP contribution in [0, 0.1) is 5.92 Å². The number of rotatable bonds is 7. The second-order valence-electron chi connectivity index (χ2n) is 5.91. The first-order valence-electron chi connectivity index (χ1n) is 7.85. The molecule has 0 aliphatic carbocycles. The van der Waals surface area contributed by atoms with Gasteiger partial charge in [0.05, 0.1) is 6.61 Å². The van der Waals surface area contributed by atoms with E-state index in [0.717, 1.165) is 31.2 Å². The van der Waals surface area contributed by atoms with Gasteiger partial charge in [-0.15, -0.1) is 0 Å². The smallest absolute Gasteiger partial charge is 0.119 e. The standard InChI is InChI=1S/C17H28N2O/c1-4-11-20-16-7-5-15(6-8-16)17(18-3)13-19-10-9-14(2)12-19/h5-8,14,17-18H,4,9-13H2,1-3H3. The van der Waals surface area contributed by atoms with E-state index in [1.807, 2.05) is 7.05 Å². The van der Waals surface area contributed by atoms with Gasteiger partial charge in [0.15, 0.2) is 0 Å². The predicted octanol–water partition coefficient (Wildman–Crippen LogP) is 3.08. The van der Waals surface area contributed by atoms with Crippen molar-refractivity contribution in [2.24, 2.45) is 5.92 Å². The number of hydrogen-bond acceptors (Lipinski definition) is 3. The average Bonchev–Trinajstić information content (AvgIpc) is 2.88. The van der Waals surface area contributed by atoms with E-state index in [1.54, 1.807) is 0 Å². The lowest BCUT2D eigenvalue weighted by Crippen LogP contribution is -2.32. The van der Waals surface area contributed by atoms with Crippen molar-refractivity contribution in [1.29, 1.82) is 0 Å². The van der Waals surface area contributed by atoms with E-state index in [2.05, 4.69) is 48.3 Å². The largest absolute Gasteiger partial charge is 0.494 e. The highest BCUT2D eigenvalue weighted by molar-refractivity contribution is 5.29. The van der Waals surface area contributed by atoms with Crippen LogP contribution in [0.3, 0.4) is 0 Å². The summed E-state index contributed by atoms with van der Waals surface area (Å²) in [7, 11) is 2.05. The quantitative estimate of drug-likeness (QED) is 0.828. The number of hydrogen-bond donors (Lipinski definition) is 1. The maximum absolute atomic E-state index is 5.64. The molecule has 1 aliphatic heterocycles. The van der Waals surface area contributed by atoms with Crippen molar-refractivity contribution in [1.82, 2.24) is 10.2 Å². The van der Waals surface area contributed by atoms with Gasteiger partial charge < -0.3 is 15.0 Å². The van der Waals surface area contributed by atoms with Gasteiger partial charge in [-0.25, -0.2) is 0 Å². The van der Waals surface area contributed by atoms with Crippen molar-refractivity contribution >= 4 is 0 Å². The molecule has 1 heterocycles. The number of likely N-dealkylation sites (N-methyl/N-ethyl adjacent to an activating group) is 1. The summed E-state index contributed by atoms with van der Waals surface area (Å²) >= 11 is 0. The highest BCUT2D eigenvalue weighted by Gasteiger charge is 2.21. The van der Waals surface area contributed by atoms with Gasteiger partial charge in [-0.05, 0) is 50.0 Å². The molecule has 1 aliphatic rings. The van der Waals surface area contributed by atoms with Crippen LogP contribution >= 0.6 is 0 Å². The Hall–Kier alpha value is -1.06. The van der Waals surface area contributed by atoms with Gasteiger partial charge in [0, 0.05) is 19.1 Å². The van der Waals surface area contributed by atoms with Gasteiger partial charge in [-0.2, -0.15) is 0 Å². The molecule has 2 rings (SSSR count). The monoisotopic (exact) mass is 276 g/mol. The van der Waals surface area contributed by atoms with Gasteiger partial charge in [0.2, 0.25) is 0 Å². The van der Waals surface area contributed by atoms with Gasteiger partial charge in [-0.3, -0.25) is 0 Å². The lowest BCUT2D eigenvalue weighted by Gasteiger charge is -2.24. The third-order valence-electron chi connectivity index (χ3n) is 4.05. The highest BCUT2D eigenvalue weighted by atomic mass is 16.5. The molecular formula is C17H28N2O. The molecule has 0 bridgehead atoms. The summed E-state index contributed by atoms with van der Waals surface area (Å²) in [5.41, 5.74) is 1.34. The minimum Gasteiger partial charge on any atom is -0.494 e. The zero-order valence-corrected chi connectivity index (χ0v) is 13.1. The molecule has 0 radical (unpaired) electrons. The molecule has 1 aromatic rings. The van der Waals surface area contributed by atoms with E-state index >= 15 is 0 Å². The molecular weight excluding hydrogens is 248 g/mol. The van der Waals surface area contributed by atoms with E-state index < -0.39 is 0 Å². The normalized spacial score (nSPS) is 21.1. The van der Waals surface area contributed by atoms with Gasteiger partial charge in [0.25, 0.3) is 0 Å². The fourth-order valence-corrected chi connectivity index (χ4v) is 2.83. The van der Waals surface area contributed by atoms with E-state index in [9.17, 15) is 0 Å². The zero-order chi connectivity index (χ0) is 14.4. The first-order chi connectivity index (χ1) is 9.72. The third kappa shape index (κ3) is 4.22. The number of nitrogens with one attached hydrogen (secondary N) is 1. The van der Waals surface area contributed by atoms with Crippen LogP contribution in [0.25, 0.3) is 0 Å². The van der Waals surface area contributed by atoms with E-state index in [1.165, 1.54) is 25.1 Å². The van der Waals surface area contributed by atoms with Gasteiger partial charge in [0.1, 0.15) is 5.75 Å². The zero-order valence-electron chi connectivity index (χ0n) is 13.1. The highest BCUT2D eigenvalue weighted by Crippen LogP contribution is 2.22. The Labute approximate surface area is 123 Å². The Morgan fingerprint density at radius 1 is 1.35 bits per heavy atom.